The smallest absolute Gasteiger partial charge is 0.349 e. The van der Waals surface area contributed by atoms with E-state index in [1.54, 1.807) is 31.2 Å². The van der Waals surface area contributed by atoms with Crippen molar-refractivity contribution in [2.45, 2.75) is 11.8 Å². The second kappa shape index (κ2) is 8.06. The summed E-state index contributed by atoms with van der Waals surface area (Å²) in [5.74, 6) is -0.536. The minimum absolute atomic E-state index is 0.0901. The van der Waals surface area contributed by atoms with Crippen LogP contribution in [-0.2, 0) is 10.0 Å². The molecule has 0 spiro atoms. The highest BCUT2D eigenvalue weighted by molar-refractivity contribution is 7.89. The number of amides is 1. The molecule has 0 saturated carbocycles. The third kappa shape index (κ3) is 4.15. The van der Waals surface area contributed by atoms with Gasteiger partial charge in [-0.3, -0.25) is 4.79 Å². The van der Waals surface area contributed by atoms with Gasteiger partial charge in [-0.25, -0.2) is 17.5 Å². The van der Waals surface area contributed by atoms with Crippen molar-refractivity contribution in [2.24, 2.45) is 0 Å². The van der Waals surface area contributed by atoms with E-state index in [0.717, 1.165) is 4.31 Å². The van der Waals surface area contributed by atoms with Crippen LogP contribution in [-0.4, -0.2) is 39.3 Å². The van der Waals surface area contributed by atoms with Crippen LogP contribution in [0.25, 0.3) is 11.0 Å². The Morgan fingerprint density at radius 3 is 2.55 bits per heavy atom. The number of benzene rings is 2. The first-order chi connectivity index (χ1) is 13.7. The van der Waals surface area contributed by atoms with Crippen LogP contribution in [0.2, 0.25) is 0 Å². The second-order valence-electron chi connectivity index (χ2n) is 6.32. The molecule has 29 heavy (non-hydrogen) atoms. The number of para-hydroxylation sites is 1. The van der Waals surface area contributed by atoms with E-state index in [2.05, 4.69) is 5.32 Å². The molecule has 0 fully saturated rings. The standard InChI is InChI=1S/C20H20N2O6S/c1-4-27-17-10-9-14(12-18(17)29(25,26)22(2)3)21-19(23)15-11-13-7-5-6-8-16(13)28-20(15)24/h5-12H,4H2,1-3H3,(H,21,23). The van der Waals surface area contributed by atoms with Crippen molar-refractivity contribution in [3.8, 4) is 5.75 Å². The van der Waals surface area contributed by atoms with Crippen LogP contribution in [0.5, 0.6) is 5.75 Å². The van der Waals surface area contributed by atoms with Crippen molar-refractivity contribution in [3.63, 3.8) is 0 Å². The number of nitrogens with zero attached hydrogens (tertiary/aromatic N) is 1. The summed E-state index contributed by atoms with van der Waals surface area (Å²) in [5.41, 5.74) is -0.399. The Morgan fingerprint density at radius 2 is 1.86 bits per heavy atom. The number of nitrogens with one attached hydrogen (secondary N) is 1. The van der Waals surface area contributed by atoms with Crippen molar-refractivity contribution in [1.82, 2.24) is 4.31 Å². The molecule has 3 rings (SSSR count). The van der Waals surface area contributed by atoms with Crippen molar-refractivity contribution in [3.05, 3.63) is 64.5 Å². The van der Waals surface area contributed by atoms with Crippen molar-refractivity contribution in [2.75, 3.05) is 26.0 Å². The minimum Gasteiger partial charge on any atom is -0.492 e. The van der Waals surface area contributed by atoms with Gasteiger partial charge in [0.25, 0.3) is 5.91 Å². The Bertz CT molecular complexity index is 1230. The Labute approximate surface area is 167 Å². The topological polar surface area (TPSA) is 106 Å². The lowest BCUT2D eigenvalue weighted by molar-refractivity contribution is 0.102. The van der Waals surface area contributed by atoms with E-state index in [0.29, 0.717) is 11.0 Å². The average Bonchev–Trinajstić information content (AvgIpc) is 2.68. The maximum Gasteiger partial charge on any atom is 0.349 e. The van der Waals surface area contributed by atoms with E-state index in [-0.39, 0.29) is 28.5 Å². The molecule has 0 saturated heterocycles. The van der Waals surface area contributed by atoms with E-state index < -0.39 is 21.6 Å². The lowest BCUT2D eigenvalue weighted by Crippen LogP contribution is -2.24. The quantitative estimate of drug-likeness (QED) is 0.620. The van der Waals surface area contributed by atoms with Crippen LogP contribution in [0.15, 0.2) is 62.6 Å². The summed E-state index contributed by atoms with van der Waals surface area (Å²) in [4.78, 5) is 24.7. The zero-order valence-corrected chi connectivity index (χ0v) is 16.9. The summed E-state index contributed by atoms with van der Waals surface area (Å²) in [7, 11) is -1.01. The average molecular weight is 416 g/mol. The first kappa shape index (κ1) is 20.6. The molecule has 8 nitrogen and oxygen atoms in total. The van der Waals surface area contributed by atoms with Gasteiger partial charge in [0.15, 0.2) is 0 Å². The van der Waals surface area contributed by atoms with E-state index in [9.17, 15) is 18.0 Å². The Morgan fingerprint density at radius 1 is 1.14 bits per heavy atom. The first-order valence-electron chi connectivity index (χ1n) is 8.77. The van der Waals surface area contributed by atoms with Gasteiger partial charge in [-0.15, -0.1) is 0 Å². The molecule has 1 heterocycles. The summed E-state index contributed by atoms with van der Waals surface area (Å²) in [6, 6.07) is 12.5. The third-order valence-electron chi connectivity index (χ3n) is 4.15. The number of carbonyl (C=O) groups is 1. The monoisotopic (exact) mass is 416 g/mol. The number of rotatable bonds is 6. The Balaban J connectivity index is 1.99. The normalized spacial score (nSPS) is 11.6. The largest absolute Gasteiger partial charge is 0.492 e. The number of hydrogen-bond acceptors (Lipinski definition) is 6. The van der Waals surface area contributed by atoms with E-state index in [1.807, 2.05) is 0 Å². The SMILES string of the molecule is CCOc1ccc(NC(=O)c2cc3ccccc3oc2=O)cc1S(=O)(=O)N(C)C. The predicted molar refractivity (Wildman–Crippen MR) is 109 cm³/mol. The molecular weight excluding hydrogens is 396 g/mol. The molecule has 0 bridgehead atoms. The predicted octanol–water partition coefficient (Wildman–Crippen LogP) is 2.69. The van der Waals surface area contributed by atoms with E-state index >= 15 is 0 Å². The number of anilines is 1. The molecule has 0 radical (unpaired) electrons. The second-order valence-corrected chi connectivity index (χ2v) is 8.44. The van der Waals surface area contributed by atoms with E-state index in [4.69, 9.17) is 9.15 Å². The Kier molecular flexibility index (Phi) is 5.71. The van der Waals surface area contributed by atoms with Gasteiger partial charge in [0.05, 0.1) is 6.61 Å². The van der Waals surface area contributed by atoms with Crippen LogP contribution in [0.3, 0.4) is 0 Å². The molecule has 1 N–H and O–H groups in total. The number of hydrogen-bond donors (Lipinski definition) is 1. The van der Waals surface area contributed by atoms with Crippen LogP contribution in [0.1, 0.15) is 17.3 Å². The van der Waals surface area contributed by atoms with Crippen LogP contribution < -0.4 is 15.7 Å². The van der Waals surface area contributed by atoms with Gasteiger partial charge in [-0.1, -0.05) is 18.2 Å². The fourth-order valence-corrected chi connectivity index (χ4v) is 3.73. The molecule has 152 valence electrons. The van der Waals surface area contributed by atoms with Gasteiger partial charge >= 0.3 is 5.63 Å². The zero-order chi connectivity index (χ0) is 21.2. The molecule has 0 atom stereocenters. The van der Waals surface area contributed by atoms with Gasteiger partial charge in [-0.2, -0.15) is 0 Å². The molecule has 0 aliphatic carbocycles. The maximum absolute atomic E-state index is 12.6. The van der Waals surface area contributed by atoms with Crippen molar-refractivity contribution in [1.29, 1.82) is 0 Å². The van der Waals surface area contributed by atoms with Crippen LogP contribution in [0, 0.1) is 0 Å². The number of ether oxygens (including phenoxy) is 1. The molecule has 1 aromatic heterocycles. The van der Waals surface area contributed by atoms with Crippen molar-refractivity contribution >= 4 is 32.6 Å². The molecular formula is C20H20N2O6S. The highest BCUT2D eigenvalue weighted by atomic mass is 32.2. The summed E-state index contributed by atoms with van der Waals surface area (Å²) in [6.45, 7) is 2.01. The molecule has 0 unspecified atom stereocenters. The lowest BCUT2D eigenvalue weighted by Gasteiger charge is -2.16. The highest BCUT2D eigenvalue weighted by Crippen LogP contribution is 2.29. The molecule has 1 amide bonds. The molecule has 0 aliphatic rings. The summed E-state index contributed by atoms with van der Waals surface area (Å²) < 4.78 is 36.8. The fraction of sp³-hybridized carbons (Fsp3) is 0.200. The van der Waals surface area contributed by atoms with Crippen molar-refractivity contribution < 1.29 is 22.4 Å². The molecule has 9 heteroatoms. The zero-order valence-electron chi connectivity index (χ0n) is 16.1. The number of carbonyl (C=O) groups excluding carboxylic acids is 1. The highest BCUT2D eigenvalue weighted by Gasteiger charge is 2.24. The van der Waals surface area contributed by atoms with Crippen LogP contribution >= 0.6 is 0 Å². The first-order valence-corrected chi connectivity index (χ1v) is 10.2. The molecule has 2 aromatic carbocycles. The summed E-state index contributed by atoms with van der Waals surface area (Å²) >= 11 is 0. The molecule has 0 aliphatic heterocycles. The van der Waals surface area contributed by atoms with Gasteiger partial charge in [-0.05, 0) is 37.3 Å². The van der Waals surface area contributed by atoms with Gasteiger partial charge in [0, 0.05) is 25.2 Å². The third-order valence-corrected chi connectivity index (χ3v) is 5.98. The number of fused-ring (bicyclic) bond motifs is 1. The van der Waals surface area contributed by atoms with E-state index in [1.165, 1.54) is 38.4 Å². The maximum atomic E-state index is 12.6. The molecule has 3 aromatic rings. The van der Waals surface area contributed by atoms with Gasteiger partial charge < -0.3 is 14.5 Å². The minimum atomic E-state index is -3.81. The summed E-state index contributed by atoms with van der Waals surface area (Å²) in [6.07, 6.45) is 0. The van der Waals surface area contributed by atoms with Crippen LogP contribution in [0.4, 0.5) is 5.69 Å². The number of sulfonamides is 1. The van der Waals surface area contributed by atoms with Gasteiger partial charge in [0.1, 0.15) is 21.8 Å². The lowest BCUT2D eigenvalue weighted by atomic mass is 10.1. The van der Waals surface area contributed by atoms with Gasteiger partial charge in [0.2, 0.25) is 10.0 Å². The summed E-state index contributed by atoms with van der Waals surface area (Å²) in [5, 5.41) is 3.14. The Hall–Kier alpha value is -3.17. The fourth-order valence-electron chi connectivity index (χ4n) is 2.68.